The molecule has 0 bridgehead atoms. The molecule has 0 aliphatic heterocycles. The summed E-state index contributed by atoms with van der Waals surface area (Å²) in [5, 5.41) is 0. The predicted molar refractivity (Wildman–Crippen MR) is 56.6 cm³/mol. The Morgan fingerprint density at radius 1 is 1.38 bits per heavy atom. The molecule has 0 aliphatic rings. The molecule has 1 N–H and O–H groups in total. The molecule has 0 saturated heterocycles. The largest absolute Gasteiger partial charge is 0.279 e. The maximum absolute atomic E-state index is 4.84. The summed E-state index contributed by atoms with van der Waals surface area (Å²) in [7, 11) is 1.60. The van der Waals surface area contributed by atoms with Gasteiger partial charge in [-0.1, -0.05) is 12.7 Å². The van der Waals surface area contributed by atoms with Gasteiger partial charge in [0.15, 0.2) is 0 Å². The Hall–Kier alpha value is -1.28. The van der Waals surface area contributed by atoms with Crippen molar-refractivity contribution in [3.63, 3.8) is 0 Å². The first kappa shape index (κ1) is 9.81. The highest BCUT2D eigenvalue weighted by molar-refractivity contribution is 5.61. The molecule has 0 aromatic heterocycles. The molecular weight excluding hydrogens is 162 g/mol. The molecule has 0 amide bonds. The van der Waals surface area contributed by atoms with Gasteiger partial charge in [0.05, 0.1) is 12.8 Å². The van der Waals surface area contributed by atoms with E-state index in [1.165, 1.54) is 11.1 Å². The maximum atomic E-state index is 4.84. The minimum Gasteiger partial charge on any atom is -0.279 e. The zero-order valence-electron chi connectivity index (χ0n) is 8.35. The van der Waals surface area contributed by atoms with Crippen LogP contribution in [0.25, 0.3) is 6.08 Å². The Morgan fingerprint density at radius 2 is 2.08 bits per heavy atom. The Balaban J connectivity index is 3.14. The van der Waals surface area contributed by atoms with Crippen molar-refractivity contribution in [2.24, 2.45) is 0 Å². The lowest BCUT2D eigenvalue weighted by Gasteiger charge is -2.09. The van der Waals surface area contributed by atoms with E-state index in [4.69, 9.17) is 4.84 Å². The van der Waals surface area contributed by atoms with Crippen molar-refractivity contribution in [2.45, 2.75) is 13.8 Å². The summed E-state index contributed by atoms with van der Waals surface area (Å²) in [6.45, 7) is 7.92. The van der Waals surface area contributed by atoms with Crippen molar-refractivity contribution in [1.29, 1.82) is 0 Å². The number of nitrogens with one attached hydrogen (secondary N) is 1. The molecular formula is C11H15NO. The molecule has 2 nitrogen and oxygen atoms in total. The lowest BCUT2D eigenvalue weighted by Crippen LogP contribution is -1.97. The van der Waals surface area contributed by atoms with E-state index in [0.29, 0.717) is 0 Å². The van der Waals surface area contributed by atoms with E-state index in [-0.39, 0.29) is 0 Å². The second-order valence-electron chi connectivity index (χ2n) is 3.02. The van der Waals surface area contributed by atoms with Gasteiger partial charge in [0.1, 0.15) is 0 Å². The smallest absolute Gasteiger partial charge is 0.0636 e. The van der Waals surface area contributed by atoms with Crippen molar-refractivity contribution < 1.29 is 4.84 Å². The summed E-state index contributed by atoms with van der Waals surface area (Å²) < 4.78 is 0. The second kappa shape index (κ2) is 4.10. The van der Waals surface area contributed by atoms with Gasteiger partial charge in [0, 0.05) is 0 Å². The summed E-state index contributed by atoms with van der Waals surface area (Å²) >= 11 is 0. The molecule has 0 fully saturated rings. The number of hydrogen-bond acceptors (Lipinski definition) is 2. The summed E-state index contributed by atoms with van der Waals surface area (Å²) in [4.78, 5) is 4.84. The normalized spacial score (nSPS) is 9.77. The van der Waals surface area contributed by atoms with Gasteiger partial charge in [-0.3, -0.25) is 10.3 Å². The van der Waals surface area contributed by atoms with Crippen LogP contribution in [-0.4, -0.2) is 7.11 Å². The van der Waals surface area contributed by atoms with E-state index in [9.17, 15) is 0 Å². The van der Waals surface area contributed by atoms with E-state index in [1.807, 2.05) is 18.2 Å². The highest BCUT2D eigenvalue weighted by atomic mass is 16.6. The van der Waals surface area contributed by atoms with Gasteiger partial charge in [-0.2, -0.15) is 0 Å². The summed E-state index contributed by atoms with van der Waals surface area (Å²) in [5.41, 5.74) is 7.39. The van der Waals surface area contributed by atoms with Gasteiger partial charge in [0.2, 0.25) is 0 Å². The van der Waals surface area contributed by atoms with Gasteiger partial charge in [-0.15, -0.1) is 0 Å². The van der Waals surface area contributed by atoms with E-state index >= 15 is 0 Å². The third-order valence-electron chi connectivity index (χ3n) is 2.15. The summed E-state index contributed by atoms with van der Waals surface area (Å²) in [5.74, 6) is 0. The van der Waals surface area contributed by atoms with Crippen LogP contribution in [0.4, 0.5) is 5.69 Å². The predicted octanol–water partition coefficient (Wildman–Crippen LogP) is 2.92. The van der Waals surface area contributed by atoms with E-state index < -0.39 is 0 Å². The third kappa shape index (κ3) is 2.10. The lowest BCUT2D eigenvalue weighted by atomic mass is 10.0. The first-order valence-corrected chi connectivity index (χ1v) is 4.21. The van der Waals surface area contributed by atoms with Crippen LogP contribution < -0.4 is 5.48 Å². The Kier molecular flexibility index (Phi) is 3.09. The number of anilines is 1. The van der Waals surface area contributed by atoms with Crippen molar-refractivity contribution >= 4 is 11.8 Å². The average Bonchev–Trinajstić information content (AvgIpc) is 2.11. The molecule has 1 aromatic carbocycles. The van der Waals surface area contributed by atoms with Crippen LogP contribution in [0, 0.1) is 13.8 Å². The van der Waals surface area contributed by atoms with E-state index in [1.54, 1.807) is 7.11 Å². The van der Waals surface area contributed by atoms with Crippen LogP contribution in [0.5, 0.6) is 0 Å². The number of hydrogen-bond donors (Lipinski definition) is 1. The van der Waals surface area contributed by atoms with Crippen LogP contribution in [0.15, 0.2) is 18.7 Å². The molecule has 1 rings (SSSR count). The van der Waals surface area contributed by atoms with Gasteiger partial charge in [0.25, 0.3) is 0 Å². The average molecular weight is 177 g/mol. The number of aryl methyl sites for hydroxylation is 1. The molecule has 0 heterocycles. The lowest BCUT2D eigenvalue weighted by molar-refractivity contribution is 0.271. The topological polar surface area (TPSA) is 21.3 Å². The molecule has 0 spiro atoms. The van der Waals surface area contributed by atoms with Crippen LogP contribution >= 0.6 is 0 Å². The first-order chi connectivity index (χ1) is 6.19. The van der Waals surface area contributed by atoms with Crippen molar-refractivity contribution in [2.75, 3.05) is 12.6 Å². The SMILES string of the molecule is C=Cc1cc(NOC)cc(C)c1C. The molecule has 2 heteroatoms. The van der Waals surface area contributed by atoms with Crippen LogP contribution in [-0.2, 0) is 4.84 Å². The maximum Gasteiger partial charge on any atom is 0.0636 e. The summed E-state index contributed by atoms with van der Waals surface area (Å²) in [6.07, 6.45) is 1.85. The van der Waals surface area contributed by atoms with Gasteiger partial charge < -0.3 is 0 Å². The van der Waals surface area contributed by atoms with E-state index in [0.717, 1.165) is 11.3 Å². The van der Waals surface area contributed by atoms with Gasteiger partial charge >= 0.3 is 0 Å². The quantitative estimate of drug-likeness (QED) is 0.717. The number of benzene rings is 1. The molecule has 1 aromatic rings. The highest BCUT2D eigenvalue weighted by Crippen LogP contribution is 2.20. The van der Waals surface area contributed by atoms with Gasteiger partial charge in [-0.05, 0) is 42.7 Å². The van der Waals surface area contributed by atoms with Crippen molar-refractivity contribution in [3.8, 4) is 0 Å². The van der Waals surface area contributed by atoms with Crippen molar-refractivity contribution in [3.05, 3.63) is 35.4 Å². The second-order valence-corrected chi connectivity index (χ2v) is 3.02. The number of rotatable bonds is 3. The fourth-order valence-electron chi connectivity index (χ4n) is 1.28. The van der Waals surface area contributed by atoms with Crippen molar-refractivity contribution in [1.82, 2.24) is 0 Å². The first-order valence-electron chi connectivity index (χ1n) is 4.21. The minimum atomic E-state index is 0.959. The minimum absolute atomic E-state index is 0.959. The van der Waals surface area contributed by atoms with E-state index in [2.05, 4.69) is 25.9 Å². The van der Waals surface area contributed by atoms with Crippen LogP contribution in [0.2, 0.25) is 0 Å². The molecule has 0 atom stereocenters. The zero-order valence-corrected chi connectivity index (χ0v) is 8.35. The summed E-state index contributed by atoms with van der Waals surface area (Å²) in [6, 6.07) is 4.06. The molecule has 0 aliphatic carbocycles. The van der Waals surface area contributed by atoms with Gasteiger partial charge in [-0.25, -0.2) is 0 Å². The Bertz CT molecular complexity index is 318. The Labute approximate surface area is 79.2 Å². The fourth-order valence-corrected chi connectivity index (χ4v) is 1.28. The van der Waals surface area contributed by atoms with Crippen LogP contribution in [0.1, 0.15) is 16.7 Å². The fraction of sp³-hybridized carbons (Fsp3) is 0.273. The molecule has 0 unspecified atom stereocenters. The zero-order chi connectivity index (χ0) is 9.84. The molecule has 0 saturated carbocycles. The molecule has 13 heavy (non-hydrogen) atoms. The molecule has 70 valence electrons. The third-order valence-corrected chi connectivity index (χ3v) is 2.15. The highest BCUT2D eigenvalue weighted by Gasteiger charge is 2.00. The van der Waals surface area contributed by atoms with Crippen LogP contribution in [0.3, 0.4) is 0 Å². The standard InChI is InChI=1S/C11H15NO/c1-5-10-7-11(12-13-4)6-8(2)9(10)3/h5-7,12H,1H2,2-4H3. The monoisotopic (exact) mass is 177 g/mol. The molecule has 0 radical (unpaired) electrons. The Morgan fingerprint density at radius 3 is 2.62 bits per heavy atom.